The van der Waals surface area contributed by atoms with Gasteiger partial charge in [-0.05, 0) is 100 Å². The topological polar surface area (TPSA) is 119 Å². The lowest BCUT2D eigenvalue weighted by Crippen LogP contribution is -2.21. The lowest BCUT2D eigenvalue weighted by Gasteiger charge is -2.13. The molecule has 2 rings (SSSR count). The molecule has 0 aromatic heterocycles. The fourth-order valence-corrected chi connectivity index (χ4v) is 5.06. The number of ketones is 3. The number of hydrogen-bond acceptors (Lipinski definition) is 7. The Hall–Kier alpha value is -3.45. The van der Waals surface area contributed by atoms with Gasteiger partial charge in [0.25, 0.3) is 5.24 Å². The predicted octanol–water partition coefficient (Wildman–Crippen LogP) is 8.32. The van der Waals surface area contributed by atoms with Crippen molar-refractivity contribution in [1.29, 1.82) is 0 Å². The van der Waals surface area contributed by atoms with Gasteiger partial charge in [0, 0.05) is 22.6 Å². The molecule has 0 fully saturated rings. The Morgan fingerprint density at radius 2 is 1.00 bits per heavy atom. The van der Waals surface area contributed by atoms with Gasteiger partial charge in [-0.15, -0.1) is 0 Å². The van der Waals surface area contributed by atoms with E-state index >= 15 is 0 Å². The zero-order valence-corrected chi connectivity index (χ0v) is 29.9. The minimum Gasteiger partial charge on any atom is -0.323 e. The van der Waals surface area contributed by atoms with Gasteiger partial charge in [-0.2, -0.15) is 5.10 Å². The van der Waals surface area contributed by atoms with Gasteiger partial charge in [-0.1, -0.05) is 89.8 Å². The summed E-state index contributed by atoms with van der Waals surface area (Å²) in [6.45, 7) is 19.9. The van der Waals surface area contributed by atoms with Crippen LogP contribution in [0.2, 0.25) is 0 Å². The molecule has 0 heterocycles. The Bertz CT molecular complexity index is 1330. The van der Waals surface area contributed by atoms with Crippen molar-refractivity contribution < 1.29 is 19.2 Å². The maximum absolute atomic E-state index is 12.6. The second-order valence-corrected chi connectivity index (χ2v) is 11.4. The summed E-state index contributed by atoms with van der Waals surface area (Å²) in [5.41, 5.74) is 9.02. The number of nitrogens with two attached hydrogens (primary N) is 1. The average Bonchev–Trinajstić information content (AvgIpc) is 3.02. The molecule has 45 heavy (non-hydrogen) atoms. The van der Waals surface area contributed by atoms with Gasteiger partial charge < -0.3 is 5.84 Å². The van der Waals surface area contributed by atoms with E-state index in [4.69, 9.17) is 17.4 Å². The Kier molecular flexibility index (Phi) is 20.4. The van der Waals surface area contributed by atoms with Crippen LogP contribution in [0.15, 0.2) is 34.4 Å². The number of nitrogens with zero attached hydrogens (tertiary/aromatic N) is 2. The Balaban J connectivity index is 0.000000733. The first-order valence-corrected chi connectivity index (χ1v) is 16.4. The van der Waals surface area contributed by atoms with Gasteiger partial charge in [0.15, 0.2) is 0 Å². The molecule has 0 aliphatic carbocycles. The summed E-state index contributed by atoms with van der Waals surface area (Å²) in [7, 11) is 0. The van der Waals surface area contributed by atoms with Crippen LogP contribution in [0.25, 0.3) is 0 Å². The summed E-state index contributed by atoms with van der Waals surface area (Å²) in [5.74, 6) is 3.56. The van der Waals surface area contributed by atoms with Gasteiger partial charge >= 0.3 is 0 Å². The van der Waals surface area contributed by atoms with Gasteiger partial charge in [0.2, 0.25) is 17.3 Å². The molecule has 0 aliphatic rings. The molecule has 8 heteroatoms. The number of rotatable bonds is 14. The minimum atomic E-state index is -0.909. The summed E-state index contributed by atoms with van der Waals surface area (Å²) in [6.07, 6.45) is 6.97. The van der Waals surface area contributed by atoms with Crippen molar-refractivity contribution in [2.24, 2.45) is 15.9 Å². The zero-order valence-electron chi connectivity index (χ0n) is 29.2. The monoisotopic (exact) mass is 639 g/mol. The van der Waals surface area contributed by atoms with E-state index in [-0.39, 0.29) is 12.3 Å². The van der Waals surface area contributed by atoms with Crippen molar-refractivity contribution in [1.82, 2.24) is 0 Å². The van der Waals surface area contributed by atoms with Crippen molar-refractivity contribution in [2.75, 3.05) is 6.54 Å². The number of aliphatic imine (C=N–C) groups is 1. The summed E-state index contributed by atoms with van der Waals surface area (Å²) >= 11 is 5.27. The standard InChI is InChI=1S/C19H27NO2.C13H15ClO2.C5H12N2/c1-6-9-14(5)20-12-17(21)19(22)18-15(7-2)10-13(4)11-16(18)8-3;1-4-9-6-8(3)7-10(5-2)11(9)12(15)13(14)16;1-3-4-5(2)7-6/h10-11H,6-9,12H2,1-5H3;6-7H,4-5H2,1-3H3;3-4,6H2,1-2H3. The Morgan fingerprint density at radius 3 is 1.29 bits per heavy atom. The molecule has 7 nitrogen and oxygen atoms in total. The average molecular weight is 640 g/mol. The molecular formula is C37H54ClN3O4. The van der Waals surface area contributed by atoms with Crippen LogP contribution in [0, 0.1) is 13.8 Å². The Morgan fingerprint density at radius 1 is 0.644 bits per heavy atom. The number of aryl methyl sites for hydroxylation is 6. The molecule has 0 spiro atoms. The third kappa shape index (κ3) is 14.0. The van der Waals surface area contributed by atoms with E-state index in [1.165, 1.54) is 0 Å². The molecule has 0 saturated carbocycles. The fraction of sp³-hybridized carbons (Fsp3) is 0.514. The number of hydrazone groups is 1. The van der Waals surface area contributed by atoms with Crippen molar-refractivity contribution in [3.63, 3.8) is 0 Å². The smallest absolute Gasteiger partial charge is 0.293 e. The van der Waals surface area contributed by atoms with Gasteiger partial charge in [0.05, 0.1) is 0 Å². The van der Waals surface area contributed by atoms with E-state index in [1.54, 1.807) is 0 Å². The molecule has 0 aliphatic heterocycles. The molecule has 0 bridgehead atoms. The van der Waals surface area contributed by atoms with Gasteiger partial charge in [-0.25, -0.2) is 0 Å². The molecule has 2 aromatic carbocycles. The molecule has 248 valence electrons. The van der Waals surface area contributed by atoms with E-state index in [1.807, 2.05) is 79.7 Å². The first-order valence-electron chi connectivity index (χ1n) is 16.1. The van der Waals surface area contributed by atoms with Crippen LogP contribution in [-0.2, 0) is 35.3 Å². The van der Waals surface area contributed by atoms with E-state index < -0.39 is 16.8 Å². The van der Waals surface area contributed by atoms with Crippen molar-refractivity contribution in [2.45, 2.75) is 121 Å². The lowest BCUT2D eigenvalue weighted by atomic mass is 9.91. The summed E-state index contributed by atoms with van der Waals surface area (Å²) in [6, 6.07) is 7.88. The molecule has 0 atom stereocenters. The summed E-state index contributed by atoms with van der Waals surface area (Å²) < 4.78 is 0. The molecule has 0 unspecified atom stereocenters. The van der Waals surface area contributed by atoms with E-state index in [2.05, 4.69) is 23.9 Å². The second kappa shape index (κ2) is 22.1. The maximum Gasteiger partial charge on any atom is 0.293 e. The number of halogens is 1. The van der Waals surface area contributed by atoms with Crippen LogP contribution in [0.4, 0.5) is 0 Å². The predicted molar refractivity (Wildman–Crippen MR) is 189 cm³/mol. The third-order valence-electron chi connectivity index (χ3n) is 7.24. The Labute approximate surface area is 276 Å². The molecule has 2 N–H and O–H groups in total. The quantitative estimate of drug-likeness (QED) is 0.0556. The molecule has 0 saturated heterocycles. The minimum absolute atomic E-state index is 0.0369. The van der Waals surface area contributed by atoms with Crippen LogP contribution in [0.1, 0.15) is 135 Å². The highest BCUT2D eigenvalue weighted by molar-refractivity contribution is 6.83. The number of carbonyl (C=O) groups is 4. The molecule has 0 radical (unpaired) electrons. The molecular weight excluding hydrogens is 586 g/mol. The fourth-order valence-electron chi connectivity index (χ4n) is 4.97. The van der Waals surface area contributed by atoms with E-state index in [0.29, 0.717) is 11.1 Å². The van der Waals surface area contributed by atoms with E-state index in [0.717, 1.165) is 96.2 Å². The van der Waals surface area contributed by atoms with E-state index in [9.17, 15) is 19.2 Å². The zero-order chi connectivity index (χ0) is 34.7. The summed E-state index contributed by atoms with van der Waals surface area (Å²) in [5, 5.41) is 2.59. The number of hydrogen-bond donors (Lipinski definition) is 1. The normalized spacial score (nSPS) is 11.2. The van der Waals surface area contributed by atoms with Crippen LogP contribution in [0.5, 0.6) is 0 Å². The highest BCUT2D eigenvalue weighted by Gasteiger charge is 2.22. The first kappa shape index (κ1) is 41.5. The van der Waals surface area contributed by atoms with Gasteiger partial charge in [0.1, 0.15) is 6.54 Å². The number of Topliss-reactive ketones (excluding diaryl/α,β-unsaturated/α-hetero) is 3. The first-order chi connectivity index (χ1) is 21.3. The highest BCUT2D eigenvalue weighted by Crippen LogP contribution is 2.22. The summed E-state index contributed by atoms with van der Waals surface area (Å²) in [4.78, 5) is 51.7. The maximum atomic E-state index is 12.6. The lowest BCUT2D eigenvalue weighted by molar-refractivity contribution is -0.113. The van der Waals surface area contributed by atoms with Gasteiger partial charge in [-0.3, -0.25) is 24.2 Å². The highest BCUT2D eigenvalue weighted by atomic mass is 35.5. The largest absolute Gasteiger partial charge is 0.323 e. The number of carbonyl (C=O) groups excluding carboxylic acids is 4. The molecule has 2 aromatic rings. The van der Waals surface area contributed by atoms with Crippen molar-refractivity contribution >= 4 is 45.6 Å². The number of benzene rings is 2. The molecule has 0 amide bonds. The van der Waals surface area contributed by atoms with Crippen LogP contribution < -0.4 is 5.84 Å². The second-order valence-electron chi connectivity index (χ2n) is 11.1. The van der Waals surface area contributed by atoms with Crippen LogP contribution >= 0.6 is 11.6 Å². The van der Waals surface area contributed by atoms with Crippen LogP contribution in [-0.4, -0.2) is 40.6 Å². The van der Waals surface area contributed by atoms with Crippen LogP contribution in [0.3, 0.4) is 0 Å². The van der Waals surface area contributed by atoms with Crippen molar-refractivity contribution in [3.8, 4) is 0 Å². The SMILES string of the molecule is CCCC(C)=NCC(=O)C(=O)c1c(CC)cc(C)cc1CC.CCCC(C)=NN.CCc1cc(C)cc(CC)c1C(=O)C(=O)Cl. The van der Waals surface area contributed by atoms with Crippen molar-refractivity contribution in [3.05, 3.63) is 68.8 Å². The third-order valence-corrected chi connectivity index (χ3v) is 7.41.